The highest BCUT2D eigenvalue weighted by molar-refractivity contribution is 7.10. The van der Waals surface area contributed by atoms with Crippen LogP contribution in [0.15, 0.2) is 47.2 Å². The van der Waals surface area contributed by atoms with E-state index in [-0.39, 0.29) is 17.7 Å². The first kappa shape index (κ1) is 24.0. The number of hydrogen-bond donors (Lipinski definition) is 3. The normalized spacial score (nSPS) is 17.2. The van der Waals surface area contributed by atoms with Crippen molar-refractivity contribution in [2.75, 3.05) is 18.9 Å². The van der Waals surface area contributed by atoms with Crippen LogP contribution >= 0.6 is 22.9 Å². The summed E-state index contributed by atoms with van der Waals surface area (Å²) in [5.74, 6) is -0.859. The third kappa shape index (κ3) is 5.16. The predicted octanol–water partition coefficient (Wildman–Crippen LogP) is 2.66. The molecule has 0 aliphatic carbocycles. The van der Waals surface area contributed by atoms with Crippen molar-refractivity contribution in [3.8, 4) is 11.3 Å². The van der Waals surface area contributed by atoms with E-state index in [1.165, 1.54) is 11.3 Å². The molecule has 3 N–H and O–H groups in total. The van der Waals surface area contributed by atoms with Gasteiger partial charge in [-0.25, -0.2) is 0 Å². The Hall–Kier alpha value is -3.15. The maximum atomic E-state index is 13.6. The molecule has 1 saturated heterocycles. The minimum Gasteiger partial charge on any atom is -0.339 e. The smallest absolute Gasteiger partial charge is 0.250 e. The molecule has 1 fully saturated rings. The molecule has 4 rings (SSSR count). The summed E-state index contributed by atoms with van der Waals surface area (Å²) in [7, 11) is 1.69. The van der Waals surface area contributed by atoms with Crippen LogP contribution in [0.3, 0.4) is 0 Å². The van der Waals surface area contributed by atoms with Crippen molar-refractivity contribution < 1.29 is 14.4 Å². The summed E-state index contributed by atoms with van der Waals surface area (Å²) in [6.45, 7) is 2.17. The lowest BCUT2D eigenvalue weighted by Crippen LogP contribution is -2.50. The van der Waals surface area contributed by atoms with E-state index in [0.717, 1.165) is 17.1 Å². The molecule has 1 aliphatic heterocycles. The Labute approximate surface area is 205 Å². The van der Waals surface area contributed by atoms with Gasteiger partial charge in [-0.1, -0.05) is 34.8 Å². The molecule has 34 heavy (non-hydrogen) atoms. The van der Waals surface area contributed by atoms with E-state index in [9.17, 15) is 14.4 Å². The fourth-order valence-electron chi connectivity index (χ4n) is 3.85. The van der Waals surface area contributed by atoms with Crippen molar-refractivity contribution in [1.29, 1.82) is 0 Å². The summed E-state index contributed by atoms with van der Waals surface area (Å²) in [4.78, 5) is 41.0. The summed E-state index contributed by atoms with van der Waals surface area (Å²) in [5, 5.41) is 17.1. The Morgan fingerprint density at radius 2 is 1.97 bits per heavy atom. The average Bonchev–Trinajstić information content (AvgIpc) is 3.63. The fourth-order valence-corrected chi connectivity index (χ4v) is 5.13. The van der Waals surface area contributed by atoms with Crippen molar-refractivity contribution >= 4 is 45.6 Å². The highest BCUT2D eigenvalue weighted by Gasteiger charge is 2.39. The first-order valence-electron chi connectivity index (χ1n) is 11.0. The minimum absolute atomic E-state index is 0.282. The van der Waals surface area contributed by atoms with Crippen LogP contribution in [-0.4, -0.2) is 57.9 Å². The van der Waals surface area contributed by atoms with Gasteiger partial charge in [0, 0.05) is 23.6 Å². The van der Waals surface area contributed by atoms with E-state index >= 15 is 0 Å². The molecule has 0 radical (unpaired) electrons. The minimum atomic E-state index is -0.854. The summed E-state index contributed by atoms with van der Waals surface area (Å²) in [6, 6.07) is 9.36. The molecule has 0 saturated carbocycles. The van der Waals surface area contributed by atoms with Crippen molar-refractivity contribution in [3.63, 3.8) is 0 Å². The summed E-state index contributed by atoms with van der Waals surface area (Å²) in [6.07, 6.45) is 1.25. The maximum Gasteiger partial charge on any atom is 0.250 e. The van der Waals surface area contributed by atoms with Crippen LogP contribution in [0.25, 0.3) is 11.3 Å². The van der Waals surface area contributed by atoms with Gasteiger partial charge in [-0.3, -0.25) is 14.4 Å². The molecule has 3 heterocycles. The zero-order chi connectivity index (χ0) is 24.1. The lowest BCUT2D eigenvalue weighted by atomic mass is 10.1. The number of anilines is 1. The number of aromatic nitrogens is 2. The predicted molar refractivity (Wildman–Crippen MR) is 132 cm³/mol. The second-order valence-corrected chi connectivity index (χ2v) is 9.54. The van der Waals surface area contributed by atoms with E-state index in [1.54, 1.807) is 18.9 Å². The van der Waals surface area contributed by atoms with E-state index < -0.39 is 18.1 Å². The molecular weight excluding hydrogens is 472 g/mol. The quantitative estimate of drug-likeness (QED) is 0.440. The van der Waals surface area contributed by atoms with Crippen LogP contribution < -0.4 is 16.0 Å². The maximum absolute atomic E-state index is 13.6. The number of thiophene rings is 1. The molecule has 1 aromatic carbocycles. The highest BCUT2D eigenvalue weighted by Crippen LogP contribution is 2.30. The third-order valence-corrected chi connectivity index (χ3v) is 7.19. The lowest BCUT2D eigenvalue weighted by molar-refractivity contribution is -0.140. The van der Waals surface area contributed by atoms with Gasteiger partial charge >= 0.3 is 0 Å². The van der Waals surface area contributed by atoms with Crippen molar-refractivity contribution in [2.45, 2.75) is 37.9 Å². The van der Waals surface area contributed by atoms with Gasteiger partial charge in [-0.05, 0) is 49.2 Å². The molecule has 0 unspecified atom stereocenters. The number of nitrogens with zero attached hydrogens (tertiary/aromatic N) is 3. The number of rotatable bonds is 8. The van der Waals surface area contributed by atoms with Gasteiger partial charge in [0.2, 0.25) is 11.8 Å². The van der Waals surface area contributed by atoms with Gasteiger partial charge in [0.1, 0.15) is 22.8 Å². The SMILES string of the molecule is CN[C@@H](C)C(=O)N[C@H](C(=O)N1CCC[C@H]1C(=O)Nc1snnc1-c1ccccc1)c1ccsc1. The number of likely N-dealkylation sites (tertiary alicyclic amines) is 1. The molecule has 9 nitrogen and oxygen atoms in total. The highest BCUT2D eigenvalue weighted by atomic mass is 32.1. The lowest BCUT2D eigenvalue weighted by Gasteiger charge is -2.29. The van der Waals surface area contributed by atoms with Gasteiger partial charge in [0.05, 0.1) is 6.04 Å². The summed E-state index contributed by atoms with van der Waals surface area (Å²) < 4.78 is 4.00. The third-order valence-electron chi connectivity index (χ3n) is 5.85. The van der Waals surface area contributed by atoms with E-state index in [4.69, 9.17) is 0 Å². The standard InChI is InChI=1S/C23H26N6O3S2/c1-14(24-2)20(30)25-19(16-10-12-33-13-16)23(32)29-11-6-9-17(29)21(31)26-22-18(27-28-34-22)15-7-4-3-5-8-15/h3-5,7-8,10,12-14,17,19,24H,6,9,11H2,1-2H3,(H,25,30)(H,26,31)/t14-,17-,19-/m0/s1. The number of amides is 3. The summed E-state index contributed by atoms with van der Waals surface area (Å²) in [5.41, 5.74) is 2.15. The number of nitrogens with one attached hydrogen (secondary N) is 3. The fraction of sp³-hybridized carbons (Fsp3) is 0.348. The number of likely N-dealkylation sites (N-methyl/N-ethyl adjacent to an activating group) is 1. The van der Waals surface area contributed by atoms with Crippen LogP contribution in [0.2, 0.25) is 0 Å². The van der Waals surface area contributed by atoms with Crippen molar-refractivity contribution in [2.24, 2.45) is 0 Å². The monoisotopic (exact) mass is 498 g/mol. The largest absolute Gasteiger partial charge is 0.339 e. The molecule has 3 amide bonds. The molecule has 3 aromatic rings. The molecule has 178 valence electrons. The molecule has 0 spiro atoms. The molecule has 0 bridgehead atoms. The van der Waals surface area contributed by atoms with Crippen LogP contribution in [0.4, 0.5) is 5.00 Å². The Morgan fingerprint density at radius 3 is 2.68 bits per heavy atom. The van der Waals surface area contributed by atoms with Gasteiger partial charge in [0.25, 0.3) is 5.91 Å². The molecular formula is C23H26N6O3S2. The summed E-state index contributed by atoms with van der Waals surface area (Å²) >= 11 is 2.55. The Bertz CT molecular complexity index is 1130. The number of benzene rings is 1. The van der Waals surface area contributed by atoms with Crippen LogP contribution in [0.1, 0.15) is 31.4 Å². The van der Waals surface area contributed by atoms with Crippen molar-refractivity contribution in [1.82, 2.24) is 25.1 Å². The zero-order valence-electron chi connectivity index (χ0n) is 18.9. The van der Waals surface area contributed by atoms with Crippen molar-refractivity contribution in [3.05, 3.63) is 52.7 Å². The molecule has 2 aromatic heterocycles. The topological polar surface area (TPSA) is 116 Å². The van der Waals surface area contributed by atoms with Gasteiger partial charge in [0.15, 0.2) is 0 Å². The van der Waals surface area contributed by atoms with Crippen LogP contribution in [-0.2, 0) is 14.4 Å². The van der Waals surface area contributed by atoms with Crippen LogP contribution in [0, 0.1) is 0 Å². The second kappa shape index (κ2) is 10.9. The molecule has 3 atom stereocenters. The number of carbonyl (C=O) groups is 3. The molecule has 11 heteroatoms. The Balaban J connectivity index is 1.52. The van der Waals surface area contributed by atoms with Gasteiger partial charge in [-0.15, -0.1) is 5.10 Å². The number of carbonyl (C=O) groups excluding carboxylic acids is 3. The first-order chi connectivity index (χ1) is 16.5. The van der Waals surface area contributed by atoms with E-state index in [1.807, 2.05) is 47.2 Å². The Kier molecular flexibility index (Phi) is 7.66. The first-order valence-corrected chi connectivity index (χ1v) is 12.7. The van der Waals surface area contributed by atoms with Gasteiger partial charge in [-0.2, -0.15) is 11.3 Å². The zero-order valence-corrected chi connectivity index (χ0v) is 20.5. The Morgan fingerprint density at radius 1 is 1.18 bits per heavy atom. The second-order valence-electron chi connectivity index (χ2n) is 8.00. The molecule has 1 aliphatic rings. The van der Waals surface area contributed by atoms with Crippen LogP contribution in [0.5, 0.6) is 0 Å². The van der Waals surface area contributed by atoms with E-state index in [2.05, 4.69) is 25.5 Å². The number of hydrogen-bond acceptors (Lipinski definition) is 8. The van der Waals surface area contributed by atoms with E-state index in [0.29, 0.717) is 35.6 Å². The average molecular weight is 499 g/mol. The van der Waals surface area contributed by atoms with Gasteiger partial charge < -0.3 is 20.9 Å².